The monoisotopic (exact) mass is 268 g/mol. The summed E-state index contributed by atoms with van der Waals surface area (Å²) < 4.78 is 0. The Morgan fingerprint density at radius 2 is 2.33 bits per heavy atom. The minimum Gasteiger partial charge on any atom is -0.481 e. The number of aromatic nitrogens is 1. The van der Waals surface area contributed by atoms with E-state index in [0.29, 0.717) is 17.8 Å². The van der Waals surface area contributed by atoms with Crippen LogP contribution in [0, 0.1) is 5.92 Å². The molecule has 1 amide bonds. The number of nitrogens with zero attached hydrogens (tertiary/aromatic N) is 2. The lowest BCUT2D eigenvalue weighted by Gasteiger charge is -2.40. The molecule has 0 saturated carbocycles. The number of likely N-dealkylation sites (tertiary alicyclic amines) is 1. The number of aliphatic carboxylic acids is 1. The molecule has 2 rings (SSSR count). The molecule has 0 aliphatic carbocycles. The third-order valence-electron chi connectivity index (χ3n) is 3.22. The van der Waals surface area contributed by atoms with Gasteiger partial charge in [-0.05, 0) is 20.3 Å². The number of hydrogen-bond donors (Lipinski definition) is 1. The fourth-order valence-electron chi connectivity index (χ4n) is 2.45. The van der Waals surface area contributed by atoms with Gasteiger partial charge in [-0.2, -0.15) is 0 Å². The van der Waals surface area contributed by atoms with Crippen LogP contribution < -0.4 is 0 Å². The molecule has 6 heteroatoms. The number of hydrogen-bond acceptors (Lipinski definition) is 4. The van der Waals surface area contributed by atoms with Gasteiger partial charge in [-0.25, -0.2) is 4.98 Å². The summed E-state index contributed by atoms with van der Waals surface area (Å²) in [7, 11) is 0. The summed E-state index contributed by atoms with van der Waals surface area (Å²) in [5, 5.41) is 11.9. The predicted octanol–water partition coefficient (Wildman–Crippen LogP) is 1.92. The molecular weight excluding hydrogens is 252 g/mol. The SMILES string of the molecule is CC(C)N1C(=O)CCC(C(=O)O)C1c1nccs1. The normalized spacial score (nSPS) is 24.6. The number of carbonyl (C=O) groups excluding carboxylic acids is 1. The van der Waals surface area contributed by atoms with Crippen LogP contribution in [-0.2, 0) is 9.59 Å². The Balaban J connectivity index is 2.41. The number of carbonyl (C=O) groups is 2. The quantitative estimate of drug-likeness (QED) is 0.909. The summed E-state index contributed by atoms with van der Waals surface area (Å²) in [5.74, 6) is -1.40. The summed E-state index contributed by atoms with van der Waals surface area (Å²) in [5.41, 5.74) is 0. The maximum atomic E-state index is 12.0. The topological polar surface area (TPSA) is 70.5 Å². The molecule has 0 radical (unpaired) electrons. The second-order valence-electron chi connectivity index (χ2n) is 4.69. The standard InChI is InChI=1S/C12H16N2O3S/c1-7(2)14-9(15)4-3-8(12(16)17)10(14)11-13-5-6-18-11/h5-8,10H,3-4H2,1-2H3,(H,16,17). The van der Waals surface area contributed by atoms with Crippen molar-refractivity contribution in [2.24, 2.45) is 5.92 Å². The van der Waals surface area contributed by atoms with Gasteiger partial charge in [0.2, 0.25) is 5.91 Å². The van der Waals surface area contributed by atoms with E-state index in [2.05, 4.69) is 4.98 Å². The van der Waals surface area contributed by atoms with E-state index in [-0.39, 0.29) is 11.9 Å². The van der Waals surface area contributed by atoms with Crippen LogP contribution in [0.5, 0.6) is 0 Å². The molecule has 1 saturated heterocycles. The molecule has 2 atom stereocenters. The fraction of sp³-hybridized carbons (Fsp3) is 0.583. The van der Waals surface area contributed by atoms with E-state index in [1.54, 1.807) is 11.1 Å². The minimum atomic E-state index is -0.853. The van der Waals surface area contributed by atoms with Crippen molar-refractivity contribution in [2.75, 3.05) is 0 Å². The lowest BCUT2D eigenvalue weighted by atomic mass is 9.88. The van der Waals surface area contributed by atoms with Crippen molar-refractivity contribution in [3.63, 3.8) is 0 Å². The second-order valence-corrected chi connectivity index (χ2v) is 5.62. The zero-order valence-corrected chi connectivity index (χ0v) is 11.2. The second kappa shape index (κ2) is 5.06. The molecule has 18 heavy (non-hydrogen) atoms. The van der Waals surface area contributed by atoms with Gasteiger partial charge in [-0.3, -0.25) is 9.59 Å². The number of thiazole rings is 1. The van der Waals surface area contributed by atoms with Crippen molar-refractivity contribution in [1.29, 1.82) is 0 Å². The van der Waals surface area contributed by atoms with E-state index in [0.717, 1.165) is 0 Å². The lowest BCUT2D eigenvalue weighted by molar-refractivity contribution is -0.153. The number of carboxylic acids is 1. The van der Waals surface area contributed by atoms with Gasteiger partial charge >= 0.3 is 5.97 Å². The number of amides is 1. The van der Waals surface area contributed by atoms with Crippen LogP contribution in [0.3, 0.4) is 0 Å². The van der Waals surface area contributed by atoms with E-state index in [1.165, 1.54) is 11.3 Å². The highest BCUT2D eigenvalue weighted by atomic mass is 32.1. The van der Waals surface area contributed by atoms with Crippen molar-refractivity contribution in [3.8, 4) is 0 Å². The van der Waals surface area contributed by atoms with E-state index >= 15 is 0 Å². The predicted molar refractivity (Wildman–Crippen MR) is 67.2 cm³/mol. The molecule has 1 N–H and O–H groups in total. The molecule has 1 aliphatic heterocycles. The Morgan fingerprint density at radius 3 is 2.83 bits per heavy atom. The highest BCUT2D eigenvalue weighted by Crippen LogP contribution is 2.38. The molecule has 1 aromatic rings. The summed E-state index contributed by atoms with van der Waals surface area (Å²) >= 11 is 1.41. The first-order valence-corrected chi connectivity index (χ1v) is 6.83. The molecule has 0 bridgehead atoms. The Labute approximate surface area is 109 Å². The van der Waals surface area contributed by atoms with E-state index in [9.17, 15) is 14.7 Å². The summed E-state index contributed by atoms with van der Waals surface area (Å²) in [6.07, 6.45) is 2.34. The zero-order chi connectivity index (χ0) is 13.3. The van der Waals surface area contributed by atoms with Crippen LogP contribution in [0.1, 0.15) is 37.7 Å². The first-order valence-electron chi connectivity index (χ1n) is 5.95. The molecule has 98 valence electrons. The molecule has 1 aliphatic rings. The van der Waals surface area contributed by atoms with Crippen LogP contribution in [-0.4, -0.2) is 32.9 Å². The maximum absolute atomic E-state index is 12.0. The smallest absolute Gasteiger partial charge is 0.309 e. The van der Waals surface area contributed by atoms with Crippen molar-refractivity contribution in [1.82, 2.24) is 9.88 Å². The third kappa shape index (κ3) is 2.25. The zero-order valence-electron chi connectivity index (χ0n) is 10.4. The van der Waals surface area contributed by atoms with Gasteiger partial charge in [0.05, 0.1) is 12.0 Å². The fourth-order valence-corrected chi connectivity index (χ4v) is 3.25. The number of piperidine rings is 1. The van der Waals surface area contributed by atoms with Gasteiger partial charge in [0.1, 0.15) is 5.01 Å². The van der Waals surface area contributed by atoms with Crippen LogP contribution in [0.25, 0.3) is 0 Å². The molecule has 0 spiro atoms. The Kier molecular flexibility index (Phi) is 3.65. The van der Waals surface area contributed by atoms with E-state index in [1.807, 2.05) is 19.2 Å². The van der Waals surface area contributed by atoms with E-state index < -0.39 is 17.9 Å². The van der Waals surface area contributed by atoms with Gasteiger partial charge in [-0.15, -0.1) is 11.3 Å². The van der Waals surface area contributed by atoms with E-state index in [4.69, 9.17) is 0 Å². The van der Waals surface area contributed by atoms with Crippen molar-refractivity contribution < 1.29 is 14.7 Å². The van der Waals surface area contributed by atoms with Crippen LogP contribution in [0.2, 0.25) is 0 Å². The average Bonchev–Trinajstić information content (AvgIpc) is 2.80. The van der Waals surface area contributed by atoms with Gasteiger partial charge < -0.3 is 10.0 Å². The van der Waals surface area contributed by atoms with Crippen molar-refractivity contribution >= 4 is 23.2 Å². The molecule has 2 heterocycles. The van der Waals surface area contributed by atoms with Crippen LogP contribution >= 0.6 is 11.3 Å². The minimum absolute atomic E-state index is 0.0164. The molecule has 2 unspecified atom stereocenters. The highest BCUT2D eigenvalue weighted by molar-refractivity contribution is 7.09. The van der Waals surface area contributed by atoms with Crippen LogP contribution in [0.4, 0.5) is 0 Å². The first-order chi connectivity index (χ1) is 8.52. The van der Waals surface area contributed by atoms with Crippen LogP contribution in [0.15, 0.2) is 11.6 Å². The van der Waals surface area contributed by atoms with Crippen molar-refractivity contribution in [3.05, 3.63) is 16.6 Å². The molecule has 1 fully saturated rings. The van der Waals surface area contributed by atoms with Gasteiger partial charge in [0, 0.05) is 24.0 Å². The number of carboxylic acid groups (broad SMARTS) is 1. The Hall–Kier alpha value is -1.43. The van der Waals surface area contributed by atoms with Gasteiger partial charge in [0.15, 0.2) is 0 Å². The lowest BCUT2D eigenvalue weighted by Crippen LogP contribution is -2.48. The molecular formula is C12H16N2O3S. The Morgan fingerprint density at radius 1 is 1.61 bits per heavy atom. The molecule has 5 nitrogen and oxygen atoms in total. The summed E-state index contributed by atoms with van der Waals surface area (Å²) in [6.45, 7) is 3.81. The highest BCUT2D eigenvalue weighted by Gasteiger charge is 2.42. The molecule has 0 aromatic carbocycles. The average molecular weight is 268 g/mol. The van der Waals surface area contributed by atoms with Gasteiger partial charge in [-0.1, -0.05) is 0 Å². The first kappa shape index (κ1) is 13.0. The van der Waals surface area contributed by atoms with Gasteiger partial charge in [0.25, 0.3) is 0 Å². The third-order valence-corrected chi connectivity index (χ3v) is 4.06. The number of rotatable bonds is 3. The summed E-state index contributed by atoms with van der Waals surface area (Å²) in [4.78, 5) is 29.3. The van der Waals surface area contributed by atoms with Crippen molar-refractivity contribution in [2.45, 2.75) is 38.8 Å². The maximum Gasteiger partial charge on any atom is 0.309 e. The summed E-state index contributed by atoms with van der Waals surface area (Å²) in [6, 6.07) is -0.447. The Bertz CT molecular complexity index is 444. The molecule has 1 aromatic heterocycles. The largest absolute Gasteiger partial charge is 0.481 e.